The number of hydrogen-bond donors (Lipinski definition) is 1. The zero-order valence-electron chi connectivity index (χ0n) is 18.8. The molecular formula is C25H29N3O4. The van der Waals surface area contributed by atoms with Crippen LogP contribution in [0.25, 0.3) is 11.3 Å². The van der Waals surface area contributed by atoms with Crippen LogP contribution in [0.2, 0.25) is 0 Å². The summed E-state index contributed by atoms with van der Waals surface area (Å²) in [4.78, 5) is 13.1. The number of rotatable bonds is 7. The third-order valence-corrected chi connectivity index (χ3v) is 5.22. The van der Waals surface area contributed by atoms with Gasteiger partial charge in [-0.3, -0.25) is 9.48 Å². The Morgan fingerprint density at radius 3 is 2.66 bits per heavy atom. The van der Waals surface area contributed by atoms with Crippen molar-refractivity contribution in [2.45, 2.75) is 39.5 Å². The molecule has 0 atom stereocenters. The zero-order chi connectivity index (χ0) is 22.5. The molecule has 0 aliphatic carbocycles. The molecule has 32 heavy (non-hydrogen) atoms. The standard InChI is InChI=1S/C25H29N3O4/c1-17(2)32-16-20-8-5-4-7-19(20)14-26-25(29)21-15-28(3)27-24(21)18-9-10-22-23(13-18)31-12-6-11-30-22/h4-5,7-10,13,15,17H,6,11-12,14,16H2,1-3H3,(H,26,29). The van der Waals surface area contributed by atoms with Gasteiger partial charge in [0.05, 0.1) is 31.5 Å². The predicted octanol–water partition coefficient (Wildman–Crippen LogP) is 4.10. The number of carbonyl (C=O) groups excluding carboxylic acids is 1. The maximum Gasteiger partial charge on any atom is 0.255 e. The van der Waals surface area contributed by atoms with Gasteiger partial charge in [0.15, 0.2) is 11.5 Å². The molecule has 2 heterocycles. The van der Waals surface area contributed by atoms with Gasteiger partial charge in [-0.05, 0) is 43.2 Å². The van der Waals surface area contributed by atoms with E-state index in [1.54, 1.807) is 10.9 Å². The average Bonchev–Trinajstić information content (AvgIpc) is 3.03. The third kappa shape index (κ3) is 5.11. The van der Waals surface area contributed by atoms with E-state index in [9.17, 15) is 4.79 Å². The van der Waals surface area contributed by atoms with Crippen LogP contribution in [0.1, 0.15) is 41.8 Å². The van der Waals surface area contributed by atoms with E-state index in [2.05, 4.69) is 10.4 Å². The van der Waals surface area contributed by atoms with Crippen LogP contribution >= 0.6 is 0 Å². The molecule has 4 rings (SSSR count). The highest BCUT2D eigenvalue weighted by Gasteiger charge is 2.20. The van der Waals surface area contributed by atoms with E-state index in [0.29, 0.717) is 49.1 Å². The van der Waals surface area contributed by atoms with Crippen molar-refractivity contribution in [1.29, 1.82) is 0 Å². The van der Waals surface area contributed by atoms with Gasteiger partial charge in [-0.25, -0.2) is 0 Å². The molecule has 0 saturated heterocycles. The summed E-state index contributed by atoms with van der Waals surface area (Å²) in [5.74, 6) is 1.21. The first-order valence-corrected chi connectivity index (χ1v) is 10.9. The molecule has 1 N–H and O–H groups in total. The molecule has 7 heteroatoms. The van der Waals surface area contributed by atoms with E-state index in [4.69, 9.17) is 14.2 Å². The highest BCUT2D eigenvalue weighted by Crippen LogP contribution is 2.34. The van der Waals surface area contributed by atoms with Crippen molar-refractivity contribution in [1.82, 2.24) is 15.1 Å². The van der Waals surface area contributed by atoms with Crippen LogP contribution in [0.5, 0.6) is 11.5 Å². The summed E-state index contributed by atoms with van der Waals surface area (Å²) in [5, 5.41) is 7.57. The second kappa shape index (κ2) is 9.87. The molecular weight excluding hydrogens is 406 g/mol. The van der Waals surface area contributed by atoms with Gasteiger partial charge in [0, 0.05) is 31.8 Å². The second-order valence-corrected chi connectivity index (χ2v) is 8.09. The van der Waals surface area contributed by atoms with Crippen LogP contribution in [0, 0.1) is 0 Å². The summed E-state index contributed by atoms with van der Waals surface area (Å²) in [6.45, 7) is 6.17. The Bertz CT molecular complexity index is 1090. The van der Waals surface area contributed by atoms with Crippen molar-refractivity contribution >= 4 is 5.91 Å². The van der Waals surface area contributed by atoms with Gasteiger partial charge >= 0.3 is 0 Å². The fourth-order valence-corrected chi connectivity index (χ4v) is 3.58. The Morgan fingerprint density at radius 1 is 1.12 bits per heavy atom. The monoisotopic (exact) mass is 435 g/mol. The Labute approximate surface area is 188 Å². The van der Waals surface area contributed by atoms with Gasteiger partial charge in [-0.2, -0.15) is 5.10 Å². The van der Waals surface area contributed by atoms with Gasteiger partial charge in [0.1, 0.15) is 5.69 Å². The fraction of sp³-hybridized carbons (Fsp3) is 0.360. The molecule has 3 aromatic rings. The summed E-state index contributed by atoms with van der Waals surface area (Å²) in [7, 11) is 1.81. The number of carbonyl (C=O) groups is 1. The number of aromatic nitrogens is 2. The maximum absolute atomic E-state index is 13.1. The zero-order valence-corrected chi connectivity index (χ0v) is 18.8. The highest BCUT2D eigenvalue weighted by atomic mass is 16.5. The molecule has 0 saturated carbocycles. The first kappa shape index (κ1) is 21.9. The number of ether oxygens (including phenoxy) is 3. The second-order valence-electron chi connectivity index (χ2n) is 8.09. The largest absolute Gasteiger partial charge is 0.490 e. The Hall–Kier alpha value is -3.32. The average molecular weight is 436 g/mol. The van der Waals surface area contributed by atoms with Crippen molar-refractivity contribution in [3.8, 4) is 22.8 Å². The number of benzene rings is 2. The molecule has 7 nitrogen and oxygen atoms in total. The summed E-state index contributed by atoms with van der Waals surface area (Å²) >= 11 is 0. The van der Waals surface area contributed by atoms with E-state index >= 15 is 0 Å². The van der Waals surface area contributed by atoms with Crippen LogP contribution in [-0.2, 0) is 24.9 Å². The van der Waals surface area contributed by atoms with Crippen molar-refractivity contribution in [3.05, 3.63) is 65.4 Å². The summed E-state index contributed by atoms with van der Waals surface area (Å²) < 4.78 is 18.9. The number of nitrogens with zero attached hydrogens (tertiary/aromatic N) is 2. The third-order valence-electron chi connectivity index (χ3n) is 5.22. The predicted molar refractivity (Wildman–Crippen MR) is 122 cm³/mol. The molecule has 1 aromatic heterocycles. The molecule has 1 amide bonds. The summed E-state index contributed by atoms with van der Waals surface area (Å²) in [6, 6.07) is 13.6. The van der Waals surface area contributed by atoms with E-state index in [1.807, 2.05) is 63.4 Å². The first-order valence-electron chi connectivity index (χ1n) is 10.9. The van der Waals surface area contributed by atoms with E-state index in [-0.39, 0.29) is 12.0 Å². The minimum absolute atomic E-state index is 0.144. The number of nitrogens with one attached hydrogen (secondary N) is 1. The van der Waals surface area contributed by atoms with Crippen LogP contribution in [0.3, 0.4) is 0 Å². The van der Waals surface area contributed by atoms with Crippen molar-refractivity contribution < 1.29 is 19.0 Å². The van der Waals surface area contributed by atoms with Gasteiger partial charge < -0.3 is 19.5 Å². The number of amides is 1. The smallest absolute Gasteiger partial charge is 0.255 e. The topological polar surface area (TPSA) is 74.6 Å². The molecule has 0 radical (unpaired) electrons. The van der Waals surface area contributed by atoms with E-state index in [0.717, 1.165) is 23.1 Å². The number of hydrogen-bond acceptors (Lipinski definition) is 5. The van der Waals surface area contributed by atoms with Crippen molar-refractivity contribution in [3.63, 3.8) is 0 Å². The summed E-state index contributed by atoms with van der Waals surface area (Å²) in [5.41, 5.74) is 4.03. The number of aryl methyl sites for hydroxylation is 1. The minimum atomic E-state index is -0.181. The summed E-state index contributed by atoms with van der Waals surface area (Å²) in [6.07, 6.45) is 2.72. The molecule has 0 bridgehead atoms. The van der Waals surface area contributed by atoms with Gasteiger partial charge in [0.25, 0.3) is 5.91 Å². The van der Waals surface area contributed by atoms with Crippen molar-refractivity contribution in [2.24, 2.45) is 7.05 Å². The van der Waals surface area contributed by atoms with Gasteiger partial charge in [-0.1, -0.05) is 24.3 Å². The Kier molecular flexibility index (Phi) is 6.75. The van der Waals surface area contributed by atoms with Crippen LogP contribution in [0.4, 0.5) is 0 Å². The lowest BCUT2D eigenvalue weighted by atomic mass is 10.1. The molecule has 1 aliphatic rings. The highest BCUT2D eigenvalue weighted by molar-refractivity contribution is 5.99. The lowest BCUT2D eigenvalue weighted by Crippen LogP contribution is -2.23. The SMILES string of the molecule is CC(C)OCc1ccccc1CNC(=O)c1cn(C)nc1-c1ccc2c(c1)OCCCO2. The van der Waals surface area contributed by atoms with Gasteiger partial charge in [0.2, 0.25) is 0 Å². The molecule has 0 unspecified atom stereocenters. The minimum Gasteiger partial charge on any atom is -0.490 e. The lowest BCUT2D eigenvalue weighted by Gasteiger charge is -2.13. The molecule has 2 aromatic carbocycles. The molecule has 0 spiro atoms. The van der Waals surface area contributed by atoms with Crippen molar-refractivity contribution in [2.75, 3.05) is 13.2 Å². The number of fused-ring (bicyclic) bond motifs is 1. The van der Waals surface area contributed by atoms with E-state index in [1.165, 1.54) is 0 Å². The maximum atomic E-state index is 13.1. The molecule has 1 aliphatic heterocycles. The van der Waals surface area contributed by atoms with E-state index < -0.39 is 0 Å². The quantitative estimate of drug-likeness (QED) is 0.605. The molecule has 168 valence electrons. The normalized spacial score (nSPS) is 13.1. The Balaban J connectivity index is 1.52. The fourth-order valence-electron chi connectivity index (χ4n) is 3.58. The van der Waals surface area contributed by atoms with Crippen LogP contribution < -0.4 is 14.8 Å². The first-order chi connectivity index (χ1) is 15.5. The van der Waals surface area contributed by atoms with Crippen LogP contribution in [-0.4, -0.2) is 35.0 Å². The Morgan fingerprint density at radius 2 is 1.88 bits per heavy atom. The molecule has 0 fully saturated rings. The van der Waals surface area contributed by atoms with Crippen LogP contribution in [0.15, 0.2) is 48.7 Å². The lowest BCUT2D eigenvalue weighted by molar-refractivity contribution is 0.0651. The van der Waals surface area contributed by atoms with Gasteiger partial charge in [-0.15, -0.1) is 0 Å².